The van der Waals surface area contributed by atoms with Gasteiger partial charge in [0.2, 0.25) is 0 Å². The number of ether oxygens (including phenoxy) is 1. The maximum atomic E-state index is 12.0. The molecule has 0 unspecified atom stereocenters. The van der Waals surface area contributed by atoms with Crippen molar-refractivity contribution in [3.63, 3.8) is 0 Å². The molecule has 0 spiro atoms. The summed E-state index contributed by atoms with van der Waals surface area (Å²) in [6.07, 6.45) is 1.84. The fourth-order valence-corrected chi connectivity index (χ4v) is 3.14. The first-order valence-corrected chi connectivity index (χ1v) is 7.59. The molecule has 5 heteroatoms. The SMILES string of the molecule is Cc1cc(C)c(OCC(=O)N[C@H]2CC[C@@H](C(=O)O)C2)c(C)c1. The predicted octanol–water partition coefficient (Wildman–Crippen LogP) is 2.36. The molecule has 1 amide bonds. The largest absolute Gasteiger partial charge is 0.483 e. The first-order chi connectivity index (χ1) is 10.4. The summed E-state index contributed by atoms with van der Waals surface area (Å²) in [6, 6.07) is 3.99. The fourth-order valence-electron chi connectivity index (χ4n) is 3.14. The molecule has 0 bridgehead atoms. The molecule has 1 fully saturated rings. The number of carboxylic acid groups (broad SMARTS) is 1. The van der Waals surface area contributed by atoms with Gasteiger partial charge in [-0.05, 0) is 51.2 Å². The van der Waals surface area contributed by atoms with Gasteiger partial charge in [-0.25, -0.2) is 0 Å². The topological polar surface area (TPSA) is 75.6 Å². The zero-order valence-corrected chi connectivity index (χ0v) is 13.3. The number of nitrogens with one attached hydrogen (secondary N) is 1. The number of benzene rings is 1. The van der Waals surface area contributed by atoms with Gasteiger partial charge in [0.15, 0.2) is 6.61 Å². The molecule has 1 saturated carbocycles. The minimum atomic E-state index is -0.779. The molecule has 0 aromatic heterocycles. The maximum Gasteiger partial charge on any atom is 0.306 e. The van der Waals surface area contributed by atoms with Gasteiger partial charge in [0, 0.05) is 6.04 Å². The molecule has 22 heavy (non-hydrogen) atoms. The lowest BCUT2D eigenvalue weighted by Crippen LogP contribution is -2.36. The van der Waals surface area contributed by atoms with Crippen LogP contribution in [0, 0.1) is 26.7 Å². The lowest BCUT2D eigenvalue weighted by molar-refractivity contribution is -0.141. The third-order valence-electron chi connectivity index (χ3n) is 4.10. The molecule has 0 heterocycles. The zero-order chi connectivity index (χ0) is 16.3. The van der Waals surface area contributed by atoms with E-state index in [4.69, 9.17) is 9.84 Å². The molecule has 5 nitrogen and oxygen atoms in total. The second-order valence-corrected chi connectivity index (χ2v) is 6.13. The maximum absolute atomic E-state index is 12.0. The van der Waals surface area contributed by atoms with Gasteiger partial charge in [0.05, 0.1) is 5.92 Å². The van der Waals surface area contributed by atoms with Crippen LogP contribution >= 0.6 is 0 Å². The summed E-state index contributed by atoms with van der Waals surface area (Å²) in [6.45, 7) is 5.90. The van der Waals surface area contributed by atoms with Gasteiger partial charge >= 0.3 is 5.97 Å². The first-order valence-electron chi connectivity index (χ1n) is 7.59. The van der Waals surface area contributed by atoms with Crippen LogP contribution in [-0.2, 0) is 9.59 Å². The lowest BCUT2D eigenvalue weighted by Gasteiger charge is -2.15. The van der Waals surface area contributed by atoms with Crippen LogP contribution in [0.15, 0.2) is 12.1 Å². The number of carbonyl (C=O) groups is 2. The first kappa shape index (κ1) is 16.3. The number of carboxylic acids is 1. The van der Waals surface area contributed by atoms with Crippen molar-refractivity contribution >= 4 is 11.9 Å². The van der Waals surface area contributed by atoms with E-state index < -0.39 is 5.97 Å². The minimum Gasteiger partial charge on any atom is -0.483 e. The summed E-state index contributed by atoms with van der Waals surface area (Å²) in [5.41, 5.74) is 3.19. The van der Waals surface area contributed by atoms with E-state index in [1.54, 1.807) is 0 Å². The van der Waals surface area contributed by atoms with Crippen molar-refractivity contribution in [2.45, 2.75) is 46.1 Å². The summed E-state index contributed by atoms with van der Waals surface area (Å²) < 4.78 is 5.64. The smallest absolute Gasteiger partial charge is 0.306 e. The molecule has 1 aliphatic carbocycles. The van der Waals surface area contributed by atoms with E-state index in [0.717, 1.165) is 22.4 Å². The molecule has 0 saturated heterocycles. The highest BCUT2D eigenvalue weighted by Gasteiger charge is 2.30. The fraction of sp³-hybridized carbons (Fsp3) is 0.529. The molecule has 1 aliphatic rings. The van der Waals surface area contributed by atoms with E-state index in [-0.39, 0.29) is 24.5 Å². The molecule has 2 atom stereocenters. The van der Waals surface area contributed by atoms with E-state index in [1.165, 1.54) is 0 Å². The van der Waals surface area contributed by atoms with Crippen molar-refractivity contribution in [1.82, 2.24) is 5.32 Å². The number of hydrogen-bond acceptors (Lipinski definition) is 3. The quantitative estimate of drug-likeness (QED) is 0.875. The Bertz CT molecular complexity index is 559. The lowest BCUT2D eigenvalue weighted by atomic mass is 10.1. The van der Waals surface area contributed by atoms with Crippen LogP contribution < -0.4 is 10.1 Å². The molecule has 0 aliphatic heterocycles. The van der Waals surface area contributed by atoms with Crippen molar-refractivity contribution in [3.05, 3.63) is 28.8 Å². The van der Waals surface area contributed by atoms with E-state index in [2.05, 4.69) is 5.32 Å². The molecular weight excluding hydrogens is 282 g/mol. The van der Waals surface area contributed by atoms with Gasteiger partial charge in [-0.3, -0.25) is 9.59 Å². The average molecular weight is 305 g/mol. The Morgan fingerprint density at radius 1 is 1.23 bits per heavy atom. The monoisotopic (exact) mass is 305 g/mol. The molecule has 2 rings (SSSR count). The number of rotatable bonds is 5. The number of carbonyl (C=O) groups excluding carboxylic acids is 1. The number of amides is 1. The Morgan fingerprint density at radius 2 is 1.86 bits per heavy atom. The Labute approximate surface area is 130 Å². The second kappa shape index (κ2) is 6.81. The van der Waals surface area contributed by atoms with Crippen LogP contribution in [0.3, 0.4) is 0 Å². The van der Waals surface area contributed by atoms with E-state index in [0.29, 0.717) is 19.3 Å². The minimum absolute atomic E-state index is 0.0427. The Balaban J connectivity index is 1.85. The van der Waals surface area contributed by atoms with Crippen LogP contribution in [0.5, 0.6) is 5.75 Å². The Morgan fingerprint density at radius 3 is 2.41 bits per heavy atom. The third-order valence-corrected chi connectivity index (χ3v) is 4.10. The standard InChI is InChI=1S/C17H23NO4/c1-10-6-11(2)16(12(3)7-10)22-9-15(19)18-14-5-4-13(8-14)17(20)21/h6-7,13-14H,4-5,8-9H2,1-3H3,(H,18,19)(H,20,21)/t13-,14+/m1/s1. The predicted molar refractivity (Wildman–Crippen MR) is 83.1 cm³/mol. The van der Waals surface area contributed by atoms with Crippen molar-refractivity contribution in [3.8, 4) is 5.75 Å². The Kier molecular flexibility index (Phi) is 5.06. The van der Waals surface area contributed by atoms with E-state index >= 15 is 0 Å². The summed E-state index contributed by atoms with van der Waals surface area (Å²) in [5, 5.41) is 11.8. The molecule has 120 valence electrons. The number of aryl methyl sites for hydroxylation is 3. The van der Waals surface area contributed by atoms with Crippen LogP contribution in [0.1, 0.15) is 36.0 Å². The number of hydrogen-bond donors (Lipinski definition) is 2. The van der Waals surface area contributed by atoms with Gasteiger partial charge in [-0.15, -0.1) is 0 Å². The zero-order valence-electron chi connectivity index (χ0n) is 13.3. The summed E-state index contributed by atoms with van der Waals surface area (Å²) in [7, 11) is 0. The van der Waals surface area contributed by atoms with Gasteiger partial charge in [0.1, 0.15) is 5.75 Å². The highest BCUT2D eigenvalue weighted by atomic mass is 16.5. The number of aliphatic carboxylic acids is 1. The van der Waals surface area contributed by atoms with Crippen molar-refractivity contribution < 1.29 is 19.4 Å². The van der Waals surface area contributed by atoms with Crippen LogP contribution in [0.2, 0.25) is 0 Å². The van der Waals surface area contributed by atoms with Crippen LogP contribution in [-0.4, -0.2) is 29.6 Å². The molecule has 1 aromatic carbocycles. The third kappa shape index (κ3) is 4.00. The molecule has 1 aromatic rings. The van der Waals surface area contributed by atoms with Crippen molar-refractivity contribution in [2.75, 3.05) is 6.61 Å². The Hall–Kier alpha value is -2.04. The normalized spacial score (nSPS) is 20.7. The van der Waals surface area contributed by atoms with Crippen molar-refractivity contribution in [2.24, 2.45) is 5.92 Å². The summed E-state index contributed by atoms with van der Waals surface area (Å²) in [4.78, 5) is 22.9. The molecule has 2 N–H and O–H groups in total. The van der Waals surface area contributed by atoms with Gasteiger partial charge < -0.3 is 15.2 Å². The van der Waals surface area contributed by atoms with E-state index in [1.807, 2.05) is 32.9 Å². The summed E-state index contributed by atoms with van der Waals surface area (Å²) >= 11 is 0. The van der Waals surface area contributed by atoms with Crippen LogP contribution in [0.25, 0.3) is 0 Å². The van der Waals surface area contributed by atoms with E-state index in [9.17, 15) is 9.59 Å². The van der Waals surface area contributed by atoms with Gasteiger partial charge in [-0.1, -0.05) is 17.7 Å². The van der Waals surface area contributed by atoms with Gasteiger partial charge in [-0.2, -0.15) is 0 Å². The highest BCUT2D eigenvalue weighted by Crippen LogP contribution is 2.26. The van der Waals surface area contributed by atoms with Gasteiger partial charge in [0.25, 0.3) is 5.91 Å². The average Bonchev–Trinajstić information content (AvgIpc) is 2.86. The molecular formula is C17H23NO4. The second-order valence-electron chi connectivity index (χ2n) is 6.13. The van der Waals surface area contributed by atoms with Crippen molar-refractivity contribution in [1.29, 1.82) is 0 Å². The summed E-state index contributed by atoms with van der Waals surface area (Å²) in [5.74, 6) is -0.572. The van der Waals surface area contributed by atoms with Crippen LogP contribution in [0.4, 0.5) is 0 Å². The highest BCUT2D eigenvalue weighted by molar-refractivity contribution is 5.78. The molecule has 0 radical (unpaired) electrons.